The minimum Gasteiger partial charge on any atom is -1.00 e. The molecule has 1 rings (SSSR count). The van der Waals surface area contributed by atoms with Crippen LogP contribution in [-0.2, 0) is 0 Å². The average Bonchev–Trinajstić information content (AvgIpc) is 2.67. The van der Waals surface area contributed by atoms with Crippen LogP contribution in [0.1, 0.15) is 11.8 Å². The van der Waals surface area contributed by atoms with Gasteiger partial charge in [0, 0.05) is 0 Å². The molecule has 0 aliphatic heterocycles. The summed E-state index contributed by atoms with van der Waals surface area (Å²) in [6, 6.07) is 0. The minimum atomic E-state index is -1.41. The van der Waals surface area contributed by atoms with Gasteiger partial charge in [0.2, 0.25) is 6.33 Å². The van der Waals surface area contributed by atoms with Gasteiger partial charge in [-0.2, -0.15) is 0 Å². The van der Waals surface area contributed by atoms with E-state index in [-0.39, 0.29) is 12.4 Å². The lowest BCUT2D eigenvalue weighted by Crippen LogP contribution is -3.00. The number of nitrogens with one attached hydrogen (secondary N) is 2. The summed E-state index contributed by atoms with van der Waals surface area (Å²) in [5.41, 5.74) is 0.347. The molecule has 7 heteroatoms. The molecule has 0 aliphatic rings. The molecule has 0 saturated heterocycles. The highest BCUT2D eigenvalue weighted by Crippen LogP contribution is 2.14. The third-order valence-electron chi connectivity index (χ3n) is 1.78. The minimum absolute atomic E-state index is 0. The molecule has 0 aromatic carbocycles. The van der Waals surface area contributed by atoms with E-state index in [0.29, 0.717) is 5.69 Å². The fraction of sp³-hybridized carbons (Fsp3) is 0.571. The SMILES string of the molecule is OC[C@@H](O)[C@@H](O)[C@H](O)c1c[nH+]c[nH]1.[Cl-]. The van der Waals surface area contributed by atoms with Crippen molar-refractivity contribution in [2.24, 2.45) is 0 Å². The standard InChI is InChI=1S/C7H12N2O4.ClH/c10-2-5(11)7(13)6(12)4-1-8-3-9-4;/h1,3,5-7,10-13H,2H2,(H,8,9);1H/t5-,6-,7-;/m1./s1. The molecule has 0 bridgehead atoms. The Hall–Kier alpha value is -0.660. The third kappa shape index (κ3) is 2.93. The molecule has 6 N–H and O–H groups in total. The molecule has 1 aromatic rings. The summed E-state index contributed by atoms with van der Waals surface area (Å²) < 4.78 is 0. The van der Waals surface area contributed by atoms with Crippen LogP contribution in [0, 0.1) is 0 Å². The van der Waals surface area contributed by atoms with Gasteiger partial charge in [0.25, 0.3) is 0 Å². The van der Waals surface area contributed by atoms with Crippen LogP contribution in [0.4, 0.5) is 0 Å². The van der Waals surface area contributed by atoms with Crippen molar-refractivity contribution in [2.45, 2.75) is 18.3 Å². The first-order valence-electron chi connectivity index (χ1n) is 3.86. The summed E-state index contributed by atoms with van der Waals surface area (Å²) in [6.07, 6.45) is -1.07. The van der Waals surface area contributed by atoms with Crippen LogP contribution in [0.5, 0.6) is 0 Å². The van der Waals surface area contributed by atoms with Gasteiger partial charge in [0.05, 0.1) is 6.61 Å². The van der Waals surface area contributed by atoms with E-state index in [1.807, 2.05) is 0 Å². The molecule has 6 nitrogen and oxygen atoms in total. The molecular weight excluding hydrogens is 212 g/mol. The summed E-state index contributed by atoms with van der Waals surface area (Å²) in [7, 11) is 0. The van der Waals surface area contributed by atoms with E-state index in [4.69, 9.17) is 10.2 Å². The first-order chi connectivity index (χ1) is 6.16. The smallest absolute Gasteiger partial charge is 0.239 e. The van der Waals surface area contributed by atoms with E-state index in [2.05, 4.69) is 9.97 Å². The zero-order valence-corrected chi connectivity index (χ0v) is 8.02. The lowest BCUT2D eigenvalue weighted by molar-refractivity contribution is -0.376. The Labute approximate surface area is 86.7 Å². The van der Waals surface area contributed by atoms with Gasteiger partial charge in [0.15, 0.2) is 5.69 Å². The normalized spacial score (nSPS) is 16.9. The third-order valence-corrected chi connectivity index (χ3v) is 1.78. The Morgan fingerprint density at radius 1 is 1.36 bits per heavy atom. The number of imidazole rings is 1. The predicted molar refractivity (Wildman–Crippen MR) is 41.4 cm³/mol. The number of aliphatic hydroxyl groups is 4. The van der Waals surface area contributed by atoms with Gasteiger partial charge < -0.3 is 32.8 Å². The number of rotatable bonds is 4. The highest BCUT2D eigenvalue weighted by Gasteiger charge is 2.28. The van der Waals surface area contributed by atoms with Crippen molar-refractivity contribution >= 4 is 0 Å². The van der Waals surface area contributed by atoms with Gasteiger partial charge in [-0.3, -0.25) is 0 Å². The van der Waals surface area contributed by atoms with Crippen LogP contribution < -0.4 is 17.4 Å². The van der Waals surface area contributed by atoms with Gasteiger partial charge in [-0.05, 0) is 0 Å². The molecule has 0 saturated carbocycles. The average molecular weight is 225 g/mol. The van der Waals surface area contributed by atoms with E-state index in [9.17, 15) is 10.2 Å². The maximum absolute atomic E-state index is 9.41. The monoisotopic (exact) mass is 224 g/mol. The first-order valence-corrected chi connectivity index (χ1v) is 3.86. The summed E-state index contributed by atoms with van der Waals surface area (Å²) in [5, 5.41) is 36.2. The van der Waals surface area contributed by atoms with Crippen molar-refractivity contribution in [3.05, 3.63) is 18.2 Å². The number of aliphatic hydroxyl groups excluding tert-OH is 4. The van der Waals surface area contributed by atoms with Crippen LogP contribution in [-0.4, -0.2) is 44.2 Å². The zero-order chi connectivity index (χ0) is 9.84. The van der Waals surface area contributed by atoms with Crippen LogP contribution in [0.15, 0.2) is 12.5 Å². The van der Waals surface area contributed by atoms with E-state index < -0.39 is 24.9 Å². The van der Waals surface area contributed by atoms with E-state index in [1.54, 1.807) is 0 Å². The van der Waals surface area contributed by atoms with Gasteiger partial charge in [-0.25, -0.2) is 9.97 Å². The predicted octanol–water partition coefficient (Wildman–Crippen LogP) is -5.42. The number of H-pyrrole nitrogens is 2. The maximum atomic E-state index is 9.41. The fourth-order valence-corrected chi connectivity index (χ4v) is 0.971. The lowest BCUT2D eigenvalue weighted by atomic mass is 10.1. The molecule has 14 heavy (non-hydrogen) atoms. The second kappa shape index (κ2) is 5.94. The van der Waals surface area contributed by atoms with Crippen LogP contribution >= 0.6 is 0 Å². The number of aromatic amines is 2. The molecule has 1 aromatic heterocycles. The largest absolute Gasteiger partial charge is 1.00 e. The molecule has 82 valence electrons. The Kier molecular flexibility index (Phi) is 5.66. The zero-order valence-electron chi connectivity index (χ0n) is 7.26. The quantitative estimate of drug-likeness (QED) is 0.352. The molecule has 0 aliphatic carbocycles. The highest BCUT2D eigenvalue weighted by molar-refractivity contribution is 4.99. The van der Waals surface area contributed by atoms with Crippen LogP contribution in [0.3, 0.4) is 0 Å². The second-order valence-electron chi connectivity index (χ2n) is 2.74. The van der Waals surface area contributed by atoms with E-state index >= 15 is 0 Å². The second-order valence-corrected chi connectivity index (χ2v) is 2.74. The van der Waals surface area contributed by atoms with Gasteiger partial charge in [0.1, 0.15) is 24.5 Å². The number of hydrogen-bond acceptors (Lipinski definition) is 4. The summed E-state index contributed by atoms with van der Waals surface area (Å²) in [5.74, 6) is 0. The number of halogens is 1. The number of aromatic nitrogens is 2. The Bertz CT molecular complexity index is 244. The van der Waals surface area contributed by atoms with Gasteiger partial charge in [-0.1, -0.05) is 0 Å². The molecule has 0 fully saturated rings. The summed E-state index contributed by atoms with van der Waals surface area (Å²) in [4.78, 5) is 5.29. The van der Waals surface area contributed by atoms with Crippen molar-refractivity contribution in [3.63, 3.8) is 0 Å². The topological polar surface area (TPSA) is 111 Å². The van der Waals surface area contributed by atoms with Gasteiger partial charge in [-0.15, -0.1) is 0 Å². The Balaban J connectivity index is 0.00000169. The number of hydrogen-bond donors (Lipinski definition) is 5. The highest BCUT2D eigenvalue weighted by atomic mass is 35.5. The van der Waals surface area contributed by atoms with E-state index in [1.165, 1.54) is 12.5 Å². The molecule has 1 heterocycles. The maximum Gasteiger partial charge on any atom is 0.239 e. The molecular formula is C7H13ClN2O4. The molecule has 0 unspecified atom stereocenters. The van der Waals surface area contributed by atoms with Crippen molar-refractivity contribution in [1.29, 1.82) is 0 Å². The first kappa shape index (κ1) is 13.3. The van der Waals surface area contributed by atoms with Crippen molar-refractivity contribution < 1.29 is 37.8 Å². The fourth-order valence-electron chi connectivity index (χ4n) is 0.971. The van der Waals surface area contributed by atoms with Crippen molar-refractivity contribution in [1.82, 2.24) is 4.98 Å². The van der Waals surface area contributed by atoms with Gasteiger partial charge >= 0.3 is 0 Å². The lowest BCUT2D eigenvalue weighted by Gasteiger charge is -2.18. The molecule has 0 radical (unpaired) electrons. The van der Waals surface area contributed by atoms with Crippen LogP contribution in [0.25, 0.3) is 0 Å². The summed E-state index contributed by atoms with van der Waals surface area (Å²) >= 11 is 0. The molecule has 3 atom stereocenters. The summed E-state index contributed by atoms with van der Waals surface area (Å²) in [6.45, 7) is -0.595. The van der Waals surface area contributed by atoms with E-state index in [0.717, 1.165) is 0 Å². The Morgan fingerprint density at radius 2 is 2.00 bits per heavy atom. The van der Waals surface area contributed by atoms with Crippen LogP contribution in [0.2, 0.25) is 0 Å². The van der Waals surface area contributed by atoms with Crippen molar-refractivity contribution in [2.75, 3.05) is 6.61 Å². The Morgan fingerprint density at radius 3 is 2.43 bits per heavy atom. The molecule has 0 spiro atoms. The molecule has 0 amide bonds. The van der Waals surface area contributed by atoms with Crippen molar-refractivity contribution in [3.8, 4) is 0 Å².